The third-order valence-corrected chi connectivity index (χ3v) is 4.92. The van der Waals surface area contributed by atoms with Crippen molar-refractivity contribution in [1.29, 1.82) is 0 Å². The Morgan fingerprint density at radius 3 is 2.80 bits per heavy atom. The number of amides is 1. The second kappa shape index (κ2) is 7.98. The molecule has 1 heterocycles. The molecular weight excluding hydrogens is 336 g/mol. The second-order valence-corrected chi connectivity index (χ2v) is 6.44. The van der Waals surface area contributed by atoms with Gasteiger partial charge in [-0.3, -0.25) is 4.79 Å². The molecule has 0 bridgehead atoms. The normalized spacial score (nSPS) is 10.6. The van der Waals surface area contributed by atoms with Crippen molar-refractivity contribution in [1.82, 2.24) is 10.3 Å². The Morgan fingerprint density at radius 2 is 2.00 bits per heavy atom. The number of aryl methyl sites for hydroxylation is 1. The van der Waals surface area contributed by atoms with E-state index in [-0.39, 0.29) is 5.91 Å². The van der Waals surface area contributed by atoms with Crippen molar-refractivity contribution in [2.75, 3.05) is 14.2 Å². The van der Waals surface area contributed by atoms with Crippen LogP contribution in [0.15, 0.2) is 41.9 Å². The number of carbonyl (C=O) groups excluding carboxylic acids is 1. The summed E-state index contributed by atoms with van der Waals surface area (Å²) < 4.78 is 11.6. The Bertz CT molecular complexity index is 876. The number of rotatable bonds is 7. The van der Waals surface area contributed by atoms with Crippen LogP contribution in [0.1, 0.15) is 17.5 Å². The van der Waals surface area contributed by atoms with E-state index in [4.69, 9.17) is 9.47 Å². The molecule has 3 rings (SSSR count). The fourth-order valence-electron chi connectivity index (χ4n) is 2.66. The summed E-state index contributed by atoms with van der Waals surface area (Å²) in [5, 5.41) is 2.99. The van der Waals surface area contributed by atoms with Crippen molar-refractivity contribution in [3.05, 3.63) is 53.0 Å². The van der Waals surface area contributed by atoms with Gasteiger partial charge in [0, 0.05) is 13.0 Å². The highest BCUT2D eigenvalue weighted by atomic mass is 32.1. The Morgan fingerprint density at radius 1 is 1.16 bits per heavy atom. The number of ether oxygens (including phenoxy) is 2. The Labute approximate surface area is 150 Å². The molecule has 0 saturated carbocycles. The van der Waals surface area contributed by atoms with Crippen molar-refractivity contribution in [3.63, 3.8) is 0 Å². The van der Waals surface area contributed by atoms with E-state index in [9.17, 15) is 4.79 Å². The van der Waals surface area contributed by atoms with Crippen LogP contribution in [-0.4, -0.2) is 25.1 Å². The number of hydrogen-bond donors (Lipinski definition) is 1. The first-order valence-corrected chi connectivity index (χ1v) is 8.88. The quantitative estimate of drug-likeness (QED) is 0.703. The van der Waals surface area contributed by atoms with Gasteiger partial charge in [-0.15, -0.1) is 11.3 Å². The molecule has 1 N–H and O–H groups in total. The molecule has 2 aromatic carbocycles. The van der Waals surface area contributed by atoms with Gasteiger partial charge in [-0.05, 0) is 35.7 Å². The van der Waals surface area contributed by atoms with Crippen molar-refractivity contribution in [2.24, 2.45) is 0 Å². The van der Waals surface area contributed by atoms with Gasteiger partial charge in [0.1, 0.15) is 0 Å². The molecule has 5 nitrogen and oxygen atoms in total. The molecule has 1 aromatic heterocycles. The molecule has 0 aliphatic rings. The minimum absolute atomic E-state index is 0.0244. The Hall–Kier alpha value is -2.60. The number of nitrogens with one attached hydrogen (secondary N) is 1. The first kappa shape index (κ1) is 17.2. The van der Waals surface area contributed by atoms with Crippen LogP contribution in [0.25, 0.3) is 10.2 Å². The van der Waals surface area contributed by atoms with Crippen molar-refractivity contribution in [3.8, 4) is 11.5 Å². The summed E-state index contributed by atoms with van der Waals surface area (Å²) in [6.07, 6.45) is 1.07. The summed E-state index contributed by atoms with van der Waals surface area (Å²) >= 11 is 1.60. The number of benzene rings is 2. The van der Waals surface area contributed by atoms with Gasteiger partial charge in [0.15, 0.2) is 11.5 Å². The van der Waals surface area contributed by atoms with E-state index in [0.29, 0.717) is 30.9 Å². The van der Waals surface area contributed by atoms with Gasteiger partial charge >= 0.3 is 0 Å². The topological polar surface area (TPSA) is 60.5 Å². The van der Waals surface area contributed by atoms with E-state index in [0.717, 1.165) is 21.3 Å². The zero-order chi connectivity index (χ0) is 17.6. The average Bonchev–Trinajstić information content (AvgIpc) is 3.13. The lowest BCUT2D eigenvalue weighted by molar-refractivity contribution is -0.121. The van der Waals surface area contributed by atoms with E-state index >= 15 is 0 Å². The van der Waals surface area contributed by atoms with Gasteiger partial charge in [-0.25, -0.2) is 4.98 Å². The SMILES string of the molecule is COc1ccc(CCC(=O)NCc2cccc3ncsc23)cc1OC. The third kappa shape index (κ3) is 4.09. The molecule has 0 atom stereocenters. The molecule has 6 heteroatoms. The van der Waals surface area contributed by atoms with E-state index in [2.05, 4.69) is 10.3 Å². The van der Waals surface area contributed by atoms with Gasteiger partial charge in [0.2, 0.25) is 5.91 Å². The largest absolute Gasteiger partial charge is 0.493 e. The van der Waals surface area contributed by atoms with Gasteiger partial charge in [-0.2, -0.15) is 0 Å². The van der Waals surface area contributed by atoms with Crippen LogP contribution in [-0.2, 0) is 17.8 Å². The third-order valence-electron chi connectivity index (χ3n) is 4.00. The van der Waals surface area contributed by atoms with Crippen LogP contribution in [0.3, 0.4) is 0 Å². The zero-order valence-electron chi connectivity index (χ0n) is 14.2. The fraction of sp³-hybridized carbons (Fsp3) is 0.263. The predicted molar refractivity (Wildman–Crippen MR) is 99.3 cm³/mol. The van der Waals surface area contributed by atoms with E-state index in [1.54, 1.807) is 25.6 Å². The molecule has 130 valence electrons. The van der Waals surface area contributed by atoms with Gasteiger partial charge < -0.3 is 14.8 Å². The maximum Gasteiger partial charge on any atom is 0.220 e. The highest BCUT2D eigenvalue weighted by Crippen LogP contribution is 2.28. The second-order valence-electron chi connectivity index (χ2n) is 5.58. The highest BCUT2D eigenvalue weighted by Gasteiger charge is 2.08. The summed E-state index contributed by atoms with van der Waals surface area (Å²) in [4.78, 5) is 16.5. The summed E-state index contributed by atoms with van der Waals surface area (Å²) in [5.74, 6) is 1.39. The molecule has 0 radical (unpaired) electrons. The zero-order valence-corrected chi connectivity index (χ0v) is 15.1. The highest BCUT2D eigenvalue weighted by molar-refractivity contribution is 7.16. The standard InChI is InChI=1S/C19H20N2O3S/c1-23-16-8-6-13(10-17(16)24-2)7-9-18(22)20-11-14-4-3-5-15-19(14)25-12-21-15/h3-6,8,10,12H,7,9,11H2,1-2H3,(H,20,22). The molecule has 0 fully saturated rings. The molecule has 0 unspecified atom stereocenters. The predicted octanol–water partition coefficient (Wildman–Crippen LogP) is 3.56. The fourth-order valence-corrected chi connectivity index (χ4v) is 3.47. The lowest BCUT2D eigenvalue weighted by Crippen LogP contribution is -2.23. The maximum absolute atomic E-state index is 12.2. The molecule has 0 spiro atoms. The van der Waals surface area contributed by atoms with Crippen LogP contribution >= 0.6 is 11.3 Å². The first-order valence-electron chi connectivity index (χ1n) is 8.00. The number of thiazole rings is 1. The van der Waals surface area contributed by atoms with E-state index in [1.807, 2.05) is 41.9 Å². The summed E-state index contributed by atoms with van der Waals surface area (Å²) in [6, 6.07) is 11.7. The Kier molecular flexibility index (Phi) is 5.50. The lowest BCUT2D eigenvalue weighted by atomic mass is 10.1. The number of fused-ring (bicyclic) bond motifs is 1. The molecule has 0 saturated heterocycles. The van der Waals surface area contributed by atoms with Crippen LogP contribution in [0.2, 0.25) is 0 Å². The molecule has 25 heavy (non-hydrogen) atoms. The van der Waals surface area contributed by atoms with Crippen LogP contribution in [0, 0.1) is 0 Å². The first-order chi connectivity index (χ1) is 12.2. The molecule has 3 aromatic rings. The smallest absolute Gasteiger partial charge is 0.220 e. The molecule has 1 amide bonds. The van der Waals surface area contributed by atoms with E-state index < -0.39 is 0 Å². The number of hydrogen-bond acceptors (Lipinski definition) is 5. The molecular formula is C19H20N2O3S. The molecule has 0 aliphatic heterocycles. The maximum atomic E-state index is 12.2. The lowest BCUT2D eigenvalue weighted by Gasteiger charge is -2.10. The Balaban J connectivity index is 1.55. The van der Waals surface area contributed by atoms with Gasteiger partial charge in [0.05, 0.1) is 29.9 Å². The number of carbonyl (C=O) groups is 1. The van der Waals surface area contributed by atoms with Gasteiger partial charge in [0.25, 0.3) is 0 Å². The number of nitrogens with zero attached hydrogens (tertiary/aromatic N) is 1. The minimum atomic E-state index is 0.0244. The van der Waals surface area contributed by atoms with Crippen LogP contribution in [0.5, 0.6) is 11.5 Å². The molecule has 0 aliphatic carbocycles. The average molecular weight is 356 g/mol. The number of aromatic nitrogens is 1. The monoisotopic (exact) mass is 356 g/mol. The van der Waals surface area contributed by atoms with Crippen LogP contribution in [0.4, 0.5) is 0 Å². The van der Waals surface area contributed by atoms with E-state index in [1.165, 1.54) is 0 Å². The minimum Gasteiger partial charge on any atom is -0.493 e. The van der Waals surface area contributed by atoms with Gasteiger partial charge in [-0.1, -0.05) is 18.2 Å². The summed E-state index contributed by atoms with van der Waals surface area (Å²) in [5.41, 5.74) is 4.94. The van der Waals surface area contributed by atoms with Crippen molar-refractivity contribution in [2.45, 2.75) is 19.4 Å². The summed E-state index contributed by atoms with van der Waals surface area (Å²) in [7, 11) is 3.21. The number of methoxy groups -OCH3 is 2. The summed E-state index contributed by atoms with van der Waals surface area (Å²) in [6.45, 7) is 0.518. The van der Waals surface area contributed by atoms with Crippen molar-refractivity contribution < 1.29 is 14.3 Å². The van der Waals surface area contributed by atoms with Crippen LogP contribution < -0.4 is 14.8 Å². The van der Waals surface area contributed by atoms with Crippen molar-refractivity contribution >= 4 is 27.5 Å².